The third-order valence-corrected chi connectivity index (χ3v) is 4.76. The molecule has 5 heteroatoms. The molecule has 0 aliphatic heterocycles. The maximum Gasteiger partial charge on any atom is 0.151 e. The number of sulfone groups is 1. The summed E-state index contributed by atoms with van der Waals surface area (Å²) in [5.41, 5.74) is 6.93. The van der Waals surface area contributed by atoms with Crippen molar-refractivity contribution >= 4 is 21.2 Å². The molecule has 80 valence electrons. The van der Waals surface area contributed by atoms with Crippen LogP contribution in [0.15, 0.2) is 16.8 Å². The first-order valence-corrected chi connectivity index (χ1v) is 7.26. The Bertz CT molecular complexity index is 370. The summed E-state index contributed by atoms with van der Waals surface area (Å²) in [4.78, 5) is 0. The van der Waals surface area contributed by atoms with Crippen molar-refractivity contribution in [1.82, 2.24) is 0 Å². The van der Waals surface area contributed by atoms with Crippen LogP contribution in [0.1, 0.15) is 12.5 Å². The molecule has 1 heterocycles. The zero-order valence-electron chi connectivity index (χ0n) is 8.30. The molecule has 14 heavy (non-hydrogen) atoms. The first kappa shape index (κ1) is 11.7. The van der Waals surface area contributed by atoms with Gasteiger partial charge in [-0.1, -0.05) is 0 Å². The van der Waals surface area contributed by atoms with Crippen LogP contribution in [-0.4, -0.2) is 26.0 Å². The fourth-order valence-electron chi connectivity index (χ4n) is 1.16. The summed E-state index contributed by atoms with van der Waals surface area (Å²) in [5, 5.41) is 3.48. The van der Waals surface area contributed by atoms with Gasteiger partial charge in [0, 0.05) is 12.3 Å². The van der Waals surface area contributed by atoms with E-state index in [2.05, 4.69) is 0 Å². The lowest BCUT2D eigenvalue weighted by Crippen LogP contribution is -2.39. The van der Waals surface area contributed by atoms with Crippen molar-refractivity contribution in [3.05, 3.63) is 22.4 Å². The van der Waals surface area contributed by atoms with Gasteiger partial charge >= 0.3 is 0 Å². The molecule has 0 aromatic carbocycles. The van der Waals surface area contributed by atoms with Gasteiger partial charge in [0.1, 0.15) is 0 Å². The Kier molecular flexibility index (Phi) is 3.69. The van der Waals surface area contributed by atoms with Crippen LogP contribution in [0.5, 0.6) is 0 Å². The number of nitrogens with two attached hydrogens (primary N) is 1. The standard InChI is InChI=1S/C9H15NO2S2/c1-7(14(2,11)12)9(10)5-8-3-4-13-6-8/h3-4,6-7,9H,5,10H2,1-2H3. The highest BCUT2D eigenvalue weighted by Crippen LogP contribution is 2.12. The smallest absolute Gasteiger partial charge is 0.151 e. The molecule has 0 spiro atoms. The second kappa shape index (κ2) is 4.42. The molecule has 0 saturated carbocycles. The summed E-state index contributed by atoms with van der Waals surface area (Å²) in [7, 11) is -3.03. The molecule has 0 fully saturated rings. The highest BCUT2D eigenvalue weighted by Gasteiger charge is 2.22. The van der Waals surface area contributed by atoms with Crippen molar-refractivity contribution in [1.29, 1.82) is 0 Å². The molecule has 0 aliphatic carbocycles. The van der Waals surface area contributed by atoms with E-state index < -0.39 is 15.1 Å². The lowest BCUT2D eigenvalue weighted by molar-refractivity contribution is 0.562. The van der Waals surface area contributed by atoms with E-state index in [4.69, 9.17) is 5.73 Å². The van der Waals surface area contributed by atoms with Gasteiger partial charge < -0.3 is 5.73 Å². The van der Waals surface area contributed by atoms with Crippen LogP contribution >= 0.6 is 11.3 Å². The van der Waals surface area contributed by atoms with Crippen molar-refractivity contribution in [2.24, 2.45) is 5.73 Å². The number of hydrogen-bond donors (Lipinski definition) is 1. The summed E-state index contributed by atoms with van der Waals surface area (Å²) >= 11 is 1.60. The van der Waals surface area contributed by atoms with E-state index in [1.54, 1.807) is 18.3 Å². The first-order chi connectivity index (χ1) is 6.41. The van der Waals surface area contributed by atoms with Crippen molar-refractivity contribution in [3.63, 3.8) is 0 Å². The van der Waals surface area contributed by atoms with Crippen molar-refractivity contribution in [2.75, 3.05) is 6.26 Å². The van der Waals surface area contributed by atoms with Crippen molar-refractivity contribution < 1.29 is 8.42 Å². The van der Waals surface area contributed by atoms with Gasteiger partial charge in [0.25, 0.3) is 0 Å². The van der Waals surface area contributed by atoms with E-state index >= 15 is 0 Å². The predicted octanol–water partition coefficient (Wildman–Crippen LogP) is 1.05. The monoisotopic (exact) mass is 233 g/mol. The van der Waals surface area contributed by atoms with Crippen LogP contribution in [0.2, 0.25) is 0 Å². The Labute approximate surface area is 88.9 Å². The molecule has 1 rings (SSSR count). The highest BCUT2D eigenvalue weighted by molar-refractivity contribution is 7.91. The molecule has 0 amide bonds. The Morgan fingerprint density at radius 1 is 1.57 bits per heavy atom. The SMILES string of the molecule is CC(C(N)Cc1ccsc1)S(C)(=O)=O. The van der Waals surface area contributed by atoms with Crippen LogP contribution in [-0.2, 0) is 16.3 Å². The Morgan fingerprint density at radius 2 is 2.21 bits per heavy atom. The van der Waals surface area contributed by atoms with Gasteiger partial charge in [-0.25, -0.2) is 8.42 Å². The minimum Gasteiger partial charge on any atom is -0.326 e. The minimum absolute atomic E-state index is 0.320. The fourth-order valence-corrected chi connectivity index (χ4v) is 2.58. The van der Waals surface area contributed by atoms with Gasteiger partial charge in [-0.2, -0.15) is 11.3 Å². The second-order valence-corrected chi connectivity index (χ2v) is 6.72. The summed E-state index contributed by atoms with van der Waals surface area (Å²) in [5.74, 6) is 0. The van der Waals surface area contributed by atoms with E-state index in [9.17, 15) is 8.42 Å². The zero-order chi connectivity index (χ0) is 10.8. The Balaban J connectivity index is 2.63. The first-order valence-electron chi connectivity index (χ1n) is 4.37. The Hall–Kier alpha value is -0.390. The topological polar surface area (TPSA) is 60.2 Å². The molecule has 1 aromatic heterocycles. The van der Waals surface area contributed by atoms with Crippen molar-refractivity contribution in [3.8, 4) is 0 Å². The highest BCUT2D eigenvalue weighted by atomic mass is 32.2. The van der Waals surface area contributed by atoms with E-state index in [0.717, 1.165) is 5.56 Å². The molecular formula is C9H15NO2S2. The Morgan fingerprint density at radius 3 is 2.64 bits per heavy atom. The van der Waals surface area contributed by atoms with E-state index in [1.165, 1.54) is 6.26 Å². The molecule has 2 atom stereocenters. The lowest BCUT2D eigenvalue weighted by Gasteiger charge is -2.17. The molecule has 2 N–H and O–H groups in total. The van der Waals surface area contributed by atoms with Gasteiger partial charge in [0.15, 0.2) is 9.84 Å². The van der Waals surface area contributed by atoms with Gasteiger partial charge in [-0.3, -0.25) is 0 Å². The molecule has 0 aliphatic rings. The molecule has 1 aromatic rings. The van der Waals surface area contributed by atoms with Gasteiger partial charge in [-0.15, -0.1) is 0 Å². The molecule has 0 saturated heterocycles. The average Bonchev–Trinajstić information content (AvgIpc) is 2.53. The summed E-state index contributed by atoms with van der Waals surface area (Å²) in [6, 6.07) is 1.65. The summed E-state index contributed by atoms with van der Waals surface area (Å²) in [6.07, 6.45) is 1.85. The van der Waals surface area contributed by atoms with Crippen LogP contribution in [0.4, 0.5) is 0 Å². The normalized spacial score (nSPS) is 16.5. The maximum absolute atomic E-state index is 11.2. The predicted molar refractivity (Wildman–Crippen MR) is 60.3 cm³/mol. The van der Waals surface area contributed by atoms with Gasteiger partial charge in [-0.05, 0) is 35.7 Å². The van der Waals surface area contributed by atoms with Gasteiger partial charge in [0.05, 0.1) is 5.25 Å². The van der Waals surface area contributed by atoms with Crippen LogP contribution in [0.3, 0.4) is 0 Å². The molecule has 0 radical (unpaired) electrons. The van der Waals surface area contributed by atoms with Crippen molar-refractivity contribution in [2.45, 2.75) is 24.6 Å². The largest absolute Gasteiger partial charge is 0.326 e. The lowest BCUT2D eigenvalue weighted by atomic mass is 10.1. The summed E-state index contributed by atoms with van der Waals surface area (Å²) in [6.45, 7) is 1.66. The average molecular weight is 233 g/mol. The van der Waals surface area contributed by atoms with E-state index in [1.807, 2.05) is 16.8 Å². The van der Waals surface area contributed by atoms with Crippen LogP contribution < -0.4 is 5.73 Å². The van der Waals surface area contributed by atoms with Crippen LogP contribution in [0.25, 0.3) is 0 Å². The third-order valence-electron chi connectivity index (χ3n) is 2.33. The maximum atomic E-state index is 11.2. The van der Waals surface area contributed by atoms with E-state index in [0.29, 0.717) is 6.42 Å². The fraction of sp³-hybridized carbons (Fsp3) is 0.556. The molecule has 3 nitrogen and oxygen atoms in total. The number of thiophene rings is 1. The zero-order valence-corrected chi connectivity index (χ0v) is 9.94. The van der Waals surface area contributed by atoms with E-state index in [-0.39, 0.29) is 6.04 Å². The van der Waals surface area contributed by atoms with Gasteiger partial charge in [0.2, 0.25) is 0 Å². The molecule has 2 unspecified atom stereocenters. The van der Waals surface area contributed by atoms with Crippen LogP contribution in [0, 0.1) is 0 Å². The quantitative estimate of drug-likeness (QED) is 0.845. The third kappa shape index (κ3) is 3.08. The minimum atomic E-state index is -3.03. The molecular weight excluding hydrogens is 218 g/mol. The number of hydrogen-bond acceptors (Lipinski definition) is 4. The number of rotatable bonds is 4. The second-order valence-electron chi connectivity index (χ2n) is 3.53. The molecule has 0 bridgehead atoms. The summed E-state index contributed by atoms with van der Waals surface area (Å²) < 4.78 is 22.4.